The van der Waals surface area contributed by atoms with Crippen molar-refractivity contribution in [1.29, 1.82) is 0 Å². The molecule has 1 fully saturated rings. The number of hydrogen-bond acceptors (Lipinski definition) is 4. The second kappa shape index (κ2) is 7.88. The molecule has 1 aliphatic heterocycles. The van der Waals surface area contributed by atoms with Gasteiger partial charge in [0.05, 0.1) is 11.9 Å². The lowest BCUT2D eigenvalue weighted by Gasteiger charge is -2.37. The zero-order valence-electron chi connectivity index (χ0n) is 14.8. The SMILES string of the molecule is CC(C)NC(=O)Nc1ccc(N2CCN(c3ccccc3)CC2)cn1. The number of para-hydroxylation sites is 1. The van der Waals surface area contributed by atoms with Crippen LogP contribution in [-0.4, -0.2) is 43.2 Å². The standard InChI is InChI=1S/C19H25N5O/c1-15(2)21-19(25)22-18-9-8-17(14-20-18)24-12-10-23(11-13-24)16-6-4-3-5-7-16/h3-9,14-15H,10-13H2,1-2H3,(H2,20,21,22,25). The molecule has 0 radical (unpaired) electrons. The zero-order chi connectivity index (χ0) is 17.6. The molecule has 2 N–H and O–H groups in total. The van der Waals surface area contributed by atoms with E-state index < -0.39 is 0 Å². The minimum atomic E-state index is -0.230. The average molecular weight is 339 g/mol. The van der Waals surface area contributed by atoms with Crippen LogP contribution >= 0.6 is 0 Å². The summed E-state index contributed by atoms with van der Waals surface area (Å²) in [6.07, 6.45) is 1.82. The molecule has 25 heavy (non-hydrogen) atoms. The number of carbonyl (C=O) groups is 1. The van der Waals surface area contributed by atoms with Crippen LogP contribution in [-0.2, 0) is 0 Å². The molecule has 0 atom stereocenters. The van der Waals surface area contributed by atoms with E-state index in [-0.39, 0.29) is 12.1 Å². The van der Waals surface area contributed by atoms with E-state index in [0.29, 0.717) is 5.82 Å². The molecular formula is C19H25N5O. The van der Waals surface area contributed by atoms with E-state index in [1.807, 2.05) is 38.2 Å². The maximum Gasteiger partial charge on any atom is 0.320 e. The Morgan fingerprint density at radius 1 is 0.960 bits per heavy atom. The van der Waals surface area contributed by atoms with E-state index in [1.165, 1.54) is 5.69 Å². The second-order valence-electron chi connectivity index (χ2n) is 6.46. The summed E-state index contributed by atoms with van der Waals surface area (Å²) in [6, 6.07) is 14.2. The number of aromatic nitrogens is 1. The Morgan fingerprint density at radius 3 is 2.16 bits per heavy atom. The van der Waals surface area contributed by atoms with Gasteiger partial charge in [-0.15, -0.1) is 0 Å². The molecule has 0 aliphatic carbocycles. The van der Waals surface area contributed by atoms with Crippen LogP contribution in [0.2, 0.25) is 0 Å². The molecule has 1 aliphatic rings. The van der Waals surface area contributed by atoms with Gasteiger partial charge < -0.3 is 15.1 Å². The van der Waals surface area contributed by atoms with Crippen molar-refractivity contribution in [3.63, 3.8) is 0 Å². The number of rotatable bonds is 4. The number of benzene rings is 1. The maximum absolute atomic E-state index is 11.7. The fourth-order valence-corrected chi connectivity index (χ4v) is 2.92. The summed E-state index contributed by atoms with van der Waals surface area (Å²) in [5, 5.41) is 5.53. The van der Waals surface area contributed by atoms with E-state index in [0.717, 1.165) is 31.9 Å². The van der Waals surface area contributed by atoms with Crippen molar-refractivity contribution >= 4 is 23.2 Å². The number of nitrogens with zero attached hydrogens (tertiary/aromatic N) is 3. The smallest absolute Gasteiger partial charge is 0.320 e. The first kappa shape index (κ1) is 17.1. The van der Waals surface area contributed by atoms with Crippen molar-refractivity contribution < 1.29 is 4.79 Å². The summed E-state index contributed by atoms with van der Waals surface area (Å²) in [5.74, 6) is 0.560. The van der Waals surface area contributed by atoms with Gasteiger partial charge >= 0.3 is 6.03 Å². The van der Waals surface area contributed by atoms with Gasteiger partial charge in [-0.3, -0.25) is 5.32 Å². The first-order valence-electron chi connectivity index (χ1n) is 8.70. The number of carbonyl (C=O) groups excluding carboxylic acids is 1. The molecule has 1 aromatic carbocycles. The summed E-state index contributed by atoms with van der Waals surface area (Å²) < 4.78 is 0. The normalized spacial score (nSPS) is 14.5. The van der Waals surface area contributed by atoms with Gasteiger partial charge in [-0.1, -0.05) is 18.2 Å². The molecule has 3 rings (SSSR count). The summed E-state index contributed by atoms with van der Waals surface area (Å²) in [7, 11) is 0. The van der Waals surface area contributed by atoms with Crippen molar-refractivity contribution in [2.45, 2.75) is 19.9 Å². The molecule has 0 saturated carbocycles. The Labute approximate surface area is 148 Å². The van der Waals surface area contributed by atoms with Gasteiger partial charge in [0.25, 0.3) is 0 Å². The van der Waals surface area contributed by atoms with E-state index in [4.69, 9.17) is 0 Å². The number of hydrogen-bond donors (Lipinski definition) is 2. The lowest BCUT2D eigenvalue weighted by molar-refractivity contribution is 0.250. The Hall–Kier alpha value is -2.76. The van der Waals surface area contributed by atoms with Crippen molar-refractivity contribution in [3.8, 4) is 0 Å². The fourth-order valence-electron chi connectivity index (χ4n) is 2.92. The maximum atomic E-state index is 11.7. The molecular weight excluding hydrogens is 314 g/mol. The van der Waals surface area contributed by atoms with Crippen LogP contribution in [0.15, 0.2) is 48.7 Å². The topological polar surface area (TPSA) is 60.5 Å². The summed E-state index contributed by atoms with van der Waals surface area (Å²) in [4.78, 5) is 20.8. The third kappa shape index (κ3) is 4.62. The summed E-state index contributed by atoms with van der Waals surface area (Å²) in [5.41, 5.74) is 2.36. The second-order valence-corrected chi connectivity index (χ2v) is 6.46. The lowest BCUT2D eigenvalue weighted by atomic mass is 10.2. The molecule has 0 spiro atoms. The predicted octanol–water partition coefficient (Wildman–Crippen LogP) is 2.94. The zero-order valence-corrected chi connectivity index (χ0v) is 14.8. The third-order valence-corrected chi connectivity index (χ3v) is 4.18. The largest absolute Gasteiger partial charge is 0.368 e. The molecule has 1 aromatic heterocycles. The molecule has 132 valence electrons. The van der Waals surface area contributed by atoms with Crippen molar-refractivity contribution in [1.82, 2.24) is 10.3 Å². The molecule has 1 saturated heterocycles. The molecule has 6 heteroatoms. The van der Waals surface area contributed by atoms with Crippen molar-refractivity contribution in [2.75, 3.05) is 41.3 Å². The molecule has 0 unspecified atom stereocenters. The molecule has 0 bridgehead atoms. The Morgan fingerprint density at radius 2 is 1.60 bits per heavy atom. The lowest BCUT2D eigenvalue weighted by Crippen LogP contribution is -2.46. The van der Waals surface area contributed by atoms with Crippen LogP contribution in [0.3, 0.4) is 0 Å². The van der Waals surface area contributed by atoms with E-state index >= 15 is 0 Å². The molecule has 2 amide bonds. The minimum absolute atomic E-state index is 0.0974. The van der Waals surface area contributed by atoms with Gasteiger partial charge in [0.15, 0.2) is 0 Å². The van der Waals surface area contributed by atoms with Crippen LogP contribution in [0, 0.1) is 0 Å². The number of anilines is 3. The quantitative estimate of drug-likeness (QED) is 0.899. The van der Waals surface area contributed by atoms with Crippen LogP contribution in [0.4, 0.5) is 22.0 Å². The first-order chi connectivity index (χ1) is 12.1. The monoisotopic (exact) mass is 339 g/mol. The number of pyridine rings is 1. The minimum Gasteiger partial charge on any atom is -0.368 e. The number of amides is 2. The van der Waals surface area contributed by atoms with Gasteiger partial charge in [0, 0.05) is 37.9 Å². The first-order valence-corrected chi connectivity index (χ1v) is 8.70. The highest BCUT2D eigenvalue weighted by molar-refractivity contribution is 5.88. The Bertz CT molecular complexity index is 679. The van der Waals surface area contributed by atoms with E-state index in [2.05, 4.69) is 49.7 Å². The van der Waals surface area contributed by atoms with E-state index in [1.54, 1.807) is 0 Å². The highest BCUT2D eigenvalue weighted by atomic mass is 16.2. The van der Waals surface area contributed by atoms with Gasteiger partial charge in [0.1, 0.15) is 5.82 Å². The summed E-state index contributed by atoms with van der Waals surface area (Å²) >= 11 is 0. The van der Waals surface area contributed by atoms with Crippen LogP contribution in [0.25, 0.3) is 0 Å². The van der Waals surface area contributed by atoms with Gasteiger partial charge in [-0.2, -0.15) is 0 Å². The molecule has 2 aromatic rings. The predicted molar refractivity (Wildman–Crippen MR) is 102 cm³/mol. The van der Waals surface area contributed by atoms with Crippen LogP contribution < -0.4 is 20.4 Å². The number of nitrogens with one attached hydrogen (secondary N) is 2. The van der Waals surface area contributed by atoms with E-state index in [9.17, 15) is 4.79 Å². The van der Waals surface area contributed by atoms with Crippen molar-refractivity contribution in [2.24, 2.45) is 0 Å². The number of piperazine rings is 1. The van der Waals surface area contributed by atoms with Gasteiger partial charge in [0.2, 0.25) is 0 Å². The van der Waals surface area contributed by atoms with Crippen molar-refractivity contribution in [3.05, 3.63) is 48.7 Å². The van der Waals surface area contributed by atoms with Crippen LogP contribution in [0.5, 0.6) is 0 Å². The summed E-state index contributed by atoms with van der Waals surface area (Å²) in [6.45, 7) is 7.73. The number of urea groups is 1. The average Bonchev–Trinajstić information content (AvgIpc) is 2.62. The third-order valence-electron chi connectivity index (χ3n) is 4.18. The highest BCUT2D eigenvalue weighted by Crippen LogP contribution is 2.20. The fraction of sp³-hybridized carbons (Fsp3) is 0.368. The van der Waals surface area contributed by atoms with Gasteiger partial charge in [-0.25, -0.2) is 9.78 Å². The van der Waals surface area contributed by atoms with Gasteiger partial charge in [-0.05, 0) is 38.1 Å². The molecule has 2 heterocycles. The molecule has 6 nitrogen and oxygen atoms in total. The van der Waals surface area contributed by atoms with Crippen LogP contribution in [0.1, 0.15) is 13.8 Å². The Kier molecular flexibility index (Phi) is 5.38. The Balaban J connectivity index is 1.54. The highest BCUT2D eigenvalue weighted by Gasteiger charge is 2.17.